The summed E-state index contributed by atoms with van der Waals surface area (Å²) < 4.78 is 17.9. The molecule has 22 heavy (non-hydrogen) atoms. The molecule has 122 valence electrons. The number of piperidine rings is 1. The monoisotopic (exact) mass is 310 g/mol. The van der Waals surface area contributed by atoms with Crippen LogP contribution in [-0.2, 0) is 11.3 Å². The maximum atomic E-state index is 12.2. The summed E-state index contributed by atoms with van der Waals surface area (Å²) in [6, 6.07) is 10.1. The van der Waals surface area contributed by atoms with E-state index in [2.05, 4.69) is 5.32 Å². The van der Waals surface area contributed by atoms with E-state index in [9.17, 15) is 9.18 Å². The van der Waals surface area contributed by atoms with Gasteiger partial charge in [-0.05, 0) is 18.4 Å². The van der Waals surface area contributed by atoms with Crippen molar-refractivity contribution in [3.63, 3.8) is 0 Å². The Morgan fingerprint density at radius 1 is 1.41 bits per heavy atom. The highest BCUT2D eigenvalue weighted by atomic mass is 19.1. The number of ether oxygens (including phenoxy) is 1. The number of likely N-dealkylation sites (tertiary alicyclic amines) is 1. The van der Waals surface area contributed by atoms with E-state index in [0.717, 1.165) is 0 Å². The predicted octanol–water partition coefficient (Wildman–Crippen LogP) is 2.27. The molecule has 1 fully saturated rings. The fourth-order valence-electron chi connectivity index (χ4n) is 2.63. The van der Waals surface area contributed by atoms with Gasteiger partial charge in [0, 0.05) is 25.7 Å². The average molecular weight is 310 g/mol. The first-order chi connectivity index (χ1) is 10.7. The van der Waals surface area contributed by atoms with Gasteiger partial charge in [-0.2, -0.15) is 0 Å². The van der Waals surface area contributed by atoms with Crippen LogP contribution in [0.4, 0.5) is 9.18 Å². The lowest BCUT2D eigenvalue weighted by atomic mass is 10.0. The van der Waals surface area contributed by atoms with E-state index in [1.54, 1.807) is 0 Å². The van der Waals surface area contributed by atoms with Gasteiger partial charge in [-0.25, -0.2) is 4.79 Å². The summed E-state index contributed by atoms with van der Waals surface area (Å²) in [6.07, 6.45) is -0.130. The van der Waals surface area contributed by atoms with Gasteiger partial charge in [-0.1, -0.05) is 30.3 Å². The van der Waals surface area contributed by atoms with E-state index < -0.39 is 12.8 Å². The van der Waals surface area contributed by atoms with Gasteiger partial charge in [0.1, 0.15) is 0 Å². The van der Waals surface area contributed by atoms with Crippen LogP contribution in [0.3, 0.4) is 0 Å². The molecule has 1 aromatic rings. The SMILES string of the molecule is O=C(O)N1CC[C@H](NCc2ccccc2)[C@H](OCCCF)C1. The standard InChI is InChI=1S/C16H23FN2O3/c17-8-4-10-22-15-12-19(16(20)21)9-7-14(15)18-11-13-5-2-1-3-6-13/h1-3,5-6,14-15,18H,4,7-12H2,(H,20,21)/t14-,15+/m0/s1. The number of nitrogens with one attached hydrogen (secondary N) is 1. The summed E-state index contributed by atoms with van der Waals surface area (Å²) in [4.78, 5) is 12.5. The lowest BCUT2D eigenvalue weighted by molar-refractivity contribution is -0.0202. The van der Waals surface area contributed by atoms with Crippen LogP contribution < -0.4 is 5.32 Å². The molecule has 0 spiro atoms. The van der Waals surface area contributed by atoms with Gasteiger partial charge >= 0.3 is 6.09 Å². The number of amides is 1. The van der Waals surface area contributed by atoms with Gasteiger partial charge in [0.05, 0.1) is 19.3 Å². The van der Waals surface area contributed by atoms with Gasteiger partial charge in [-0.15, -0.1) is 0 Å². The zero-order valence-corrected chi connectivity index (χ0v) is 12.6. The molecule has 6 heteroatoms. The van der Waals surface area contributed by atoms with Gasteiger partial charge in [0.15, 0.2) is 0 Å². The Kier molecular flexibility index (Phi) is 6.61. The van der Waals surface area contributed by atoms with Crippen LogP contribution >= 0.6 is 0 Å². The minimum Gasteiger partial charge on any atom is -0.465 e. The second kappa shape index (κ2) is 8.70. The van der Waals surface area contributed by atoms with Crippen molar-refractivity contribution < 1.29 is 19.0 Å². The number of halogens is 1. The molecular weight excluding hydrogens is 287 g/mol. The molecule has 1 saturated heterocycles. The largest absolute Gasteiger partial charge is 0.465 e. The number of carbonyl (C=O) groups is 1. The number of nitrogens with zero attached hydrogens (tertiary/aromatic N) is 1. The lowest BCUT2D eigenvalue weighted by Crippen LogP contribution is -2.54. The highest BCUT2D eigenvalue weighted by molar-refractivity contribution is 5.65. The second-order valence-electron chi connectivity index (χ2n) is 5.44. The summed E-state index contributed by atoms with van der Waals surface area (Å²) in [5.41, 5.74) is 1.17. The zero-order valence-electron chi connectivity index (χ0n) is 12.6. The van der Waals surface area contributed by atoms with E-state index in [1.807, 2.05) is 30.3 Å². The average Bonchev–Trinajstić information content (AvgIpc) is 2.54. The van der Waals surface area contributed by atoms with Gasteiger partial charge in [-0.3, -0.25) is 4.39 Å². The Labute approximate surface area is 130 Å². The number of hydrogen-bond donors (Lipinski definition) is 2. The summed E-state index contributed by atoms with van der Waals surface area (Å²) in [5, 5.41) is 12.5. The number of rotatable bonds is 7. The highest BCUT2D eigenvalue weighted by Gasteiger charge is 2.31. The Morgan fingerprint density at radius 3 is 2.86 bits per heavy atom. The highest BCUT2D eigenvalue weighted by Crippen LogP contribution is 2.16. The van der Waals surface area contributed by atoms with Crippen molar-refractivity contribution >= 4 is 6.09 Å². The molecule has 1 aliphatic heterocycles. The van der Waals surface area contributed by atoms with Crippen LogP contribution in [0.25, 0.3) is 0 Å². The van der Waals surface area contributed by atoms with Gasteiger partial charge in [0.25, 0.3) is 0 Å². The summed E-state index contributed by atoms with van der Waals surface area (Å²) in [6.45, 7) is 1.43. The summed E-state index contributed by atoms with van der Waals surface area (Å²) >= 11 is 0. The minimum absolute atomic E-state index is 0.0791. The van der Waals surface area contributed by atoms with Crippen LogP contribution in [0.2, 0.25) is 0 Å². The molecule has 0 unspecified atom stereocenters. The molecule has 1 aliphatic rings. The van der Waals surface area contributed by atoms with Crippen LogP contribution in [0, 0.1) is 0 Å². The van der Waals surface area contributed by atoms with Crippen LogP contribution in [-0.4, -0.2) is 54.6 Å². The first kappa shape index (κ1) is 16.7. The normalized spacial score (nSPS) is 21.8. The molecule has 0 aromatic heterocycles. The van der Waals surface area contributed by atoms with Crippen molar-refractivity contribution in [2.24, 2.45) is 0 Å². The Bertz CT molecular complexity index is 458. The van der Waals surface area contributed by atoms with Gasteiger partial charge in [0.2, 0.25) is 0 Å². The zero-order chi connectivity index (χ0) is 15.8. The molecule has 0 aliphatic carbocycles. The molecule has 2 atom stereocenters. The van der Waals surface area contributed by atoms with Gasteiger partial charge < -0.3 is 20.1 Å². The number of alkyl halides is 1. The first-order valence-corrected chi connectivity index (χ1v) is 7.63. The maximum absolute atomic E-state index is 12.2. The van der Waals surface area contributed by atoms with E-state index in [1.165, 1.54) is 10.5 Å². The van der Waals surface area contributed by atoms with Crippen molar-refractivity contribution in [3.8, 4) is 0 Å². The third-order valence-corrected chi connectivity index (χ3v) is 3.85. The molecule has 0 bridgehead atoms. The van der Waals surface area contributed by atoms with Crippen LogP contribution in [0.15, 0.2) is 30.3 Å². The molecule has 2 N–H and O–H groups in total. The second-order valence-corrected chi connectivity index (χ2v) is 5.44. The Morgan fingerprint density at radius 2 is 2.18 bits per heavy atom. The molecule has 1 amide bonds. The van der Waals surface area contributed by atoms with Crippen molar-refractivity contribution in [3.05, 3.63) is 35.9 Å². The molecular formula is C16H23FN2O3. The lowest BCUT2D eigenvalue weighted by Gasteiger charge is -2.37. The fourth-order valence-corrected chi connectivity index (χ4v) is 2.63. The van der Waals surface area contributed by atoms with E-state index in [0.29, 0.717) is 39.1 Å². The molecule has 1 aromatic carbocycles. The minimum atomic E-state index is -0.930. The Hall–Kier alpha value is -1.66. The maximum Gasteiger partial charge on any atom is 0.407 e. The summed E-state index contributed by atoms with van der Waals surface area (Å²) in [5.74, 6) is 0. The molecule has 0 saturated carbocycles. The number of hydrogen-bond acceptors (Lipinski definition) is 3. The topological polar surface area (TPSA) is 61.8 Å². The van der Waals surface area contributed by atoms with Crippen molar-refractivity contribution in [1.29, 1.82) is 0 Å². The van der Waals surface area contributed by atoms with Crippen molar-refractivity contribution in [1.82, 2.24) is 10.2 Å². The quantitative estimate of drug-likeness (QED) is 0.759. The first-order valence-electron chi connectivity index (χ1n) is 7.63. The summed E-state index contributed by atoms with van der Waals surface area (Å²) in [7, 11) is 0. The van der Waals surface area contributed by atoms with Crippen LogP contribution in [0.5, 0.6) is 0 Å². The van der Waals surface area contributed by atoms with Crippen LogP contribution in [0.1, 0.15) is 18.4 Å². The third kappa shape index (κ3) is 4.96. The predicted molar refractivity (Wildman–Crippen MR) is 81.6 cm³/mol. The number of benzene rings is 1. The molecule has 0 radical (unpaired) electrons. The van der Waals surface area contributed by atoms with E-state index in [4.69, 9.17) is 9.84 Å². The molecule has 5 nitrogen and oxygen atoms in total. The molecule has 2 rings (SSSR count). The number of carboxylic acid groups (broad SMARTS) is 1. The van der Waals surface area contributed by atoms with Crippen molar-refractivity contribution in [2.75, 3.05) is 26.4 Å². The third-order valence-electron chi connectivity index (χ3n) is 3.85. The smallest absolute Gasteiger partial charge is 0.407 e. The Balaban J connectivity index is 1.89. The van der Waals surface area contributed by atoms with Crippen molar-refractivity contribution in [2.45, 2.75) is 31.5 Å². The molecule has 1 heterocycles. The van der Waals surface area contributed by atoms with E-state index >= 15 is 0 Å². The van der Waals surface area contributed by atoms with E-state index in [-0.39, 0.29) is 12.1 Å². The fraction of sp³-hybridized carbons (Fsp3) is 0.562.